The lowest BCUT2D eigenvalue weighted by Gasteiger charge is -2.19. The Hall–Kier alpha value is -3.11. The highest BCUT2D eigenvalue weighted by molar-refractivity contribution is 8.00. The molecule has 3 aliphatic rings. The molecule has 28 heavy (non-hydrogen) atoms. The maximum atomic E-state index is 4.59. The van der Waals surface area contributed by atoms with E-state index in [9.17, 15) is 0 Å². The first-order valence-corrected chi connectivity index (χ1v) is 10.5. The Morgan fingerprint density at radius 2 is 1.86 bits per heavy atom. The fourth-order valence-electron chi connectivity index (χ4n) is 5.50. The van der Waals surface area contributed by atoms with Crippen molar-refractivity contribution in [1.29, 1.82) is 0 Å². The molecule has 5 aromatic rings. The van der Waals surface area contributed by atoms with Crippen LogP contribution in [0.1, 0.15) is 21.9 Å². The number of benzene rings is 3. The van der Waals surface area contributed by atoms with Crippen LogP contribution in [0.4, 0.5) is 0 Å². The van der Waals surface area contributed by atoms with Crippen molar-refractivity contribution in [2.75, 3.05) is 0 Å². The summed E-state index contributed by atoms with van der Waals surface area (Å²) in [5.41, 5.74) is 5.52. The molecule has 0 radical (unpaired) electrons. The molecule has 2 aromatic heterocycles. The molecule has 3 nitrogen and oxygen atoms in total. The summed E-state index contributed by atoms with van der Waals surface area (Å²) in [6.07, 6.45) is 11.7. The minimum atomic E-state index is 0.429. The van der Waals surface area contributed by atoms with Crippen molar-refractivity contribution in [2.45, 2.75) is 16.6 Å². The molecule has 0 fully saturated rings. The molecule has 1 aliphatic heterocycles. The number of thioether (sulfide) groups is 1. The van der Waals surface area contributed by atoms with Crippen LogP contribution in [0.15, 0.2) is 53.7 Å². The van der Waals surface area contributed by atoms with E-state index in [2.05, 4.69) is 57.0 Å². The van der Waals surface area contributed by atoms with Gasteiger partial charge in [0, 0.05) is 33.4 Å². The van der Waals surface area contributed by atoms with Crippen LogP contribution in [0.25, 0.3) is 50.5 Å². The van der Waals surface area contributed by atoms with E-state index in [4.69, 9.17) is 0 Å². The molecule has 8 rings (SSSR count). The third kappa shape index (κ3) is 1.39. The Morgan fingerprint density at radius 3 is 2.79 bits per heavy atom. The first-order chi connectivity index (χ1) is 13.9. The average Bonchev–Trinajstić information content (AvgIpc) is 3.30. The van der Waals surface area contributed by atoms with Crippen LogP contribution < -0.4 is 5.35 Å². The molecule has 3 aromatic carbocycles. The molecule has 4 heteroatoms. The largest absolute Gasteiger partial charge is 0.278 e. The van der Waals surface area contributed by atoms with Crippen LogP contribution in [-0.4, -0.2) is 14.5 Å². The van der Waals surface area contributed by atoms with Crippen LogP contribution in [0.2, 0.25) is 0 Å². The summed E-state index contributed by atoms with van der Waals surface area (Å²) in [6, 6.07) is 11.1. The number of aromatic nitrogens is 3. The van der Waals surface area contributed by atoms with E-state index >= 15 is 0 Å². The van der Waals surface area contributed by atoms with E-state index in [1.165, 1.54) is 59.4 Å². The molecule has 0 spiro atoms. The van der Waals surface area contributed by atoms with Crippen molar-refractivity contribution in [3.8, 4) is 5.95 Å². The minimum Gasteiger partial charge on any atom is -0.278 e. The van der Waals surface area contributed by atoms with Crippen molar-refractivity contribution >= 4 is 56.4 Å². The standard InChI is InChI=1S/C24H13N3S/c1-10-25-24(26-11-1)27-14-6-2-12-4-8-16-22-18(12)20(14)21-15(27)7-3-13-5-9-17(28-16)23(22)19(13)21/h1-2,4-11,16H,3H2. The molecule has 0 bridgehead atoms. The highest BCUT2D eigenvalue weighted by Crippen LogP contribution is 2.57. The van der Waals surface area contributed by atoms with Gasteiger partial charge < -0.3 is 0 Å². The first-order valence-electron chi connectivity index (χ1n) is 9.61. The molecule has 0 saturated carbocycles. The second-order valence-electron chi connectivity index (χ2n) is 7.76. The molecule has 130 valence electrons. The SMILES string of the molecule is C1=CC2Sc3ccc4c5c3c2c2c1ccc1c2c5c(n1-c1ncccn1)=CC4. The summed E-state index contributed by atoms with van der Waals surface area (Å²) in [7, 11) is 0. The van der Waals surface area contributed by atoms with Gasteiger partial charge in [0.1, 0.15) is 0 Å². The van der Waals surface area contributed by atoms with Gasteiger partial charge in [-0.2, -0.15) is 0 Å². The van der Waals surface area contributed by atoms with Gasteiger partial charge in [-0.1, -0.05) is 30.4 Å². The van der Waals surface area contributed by atoms with Crippen molar-refractivity contribution < 1.29 is 0 Å². The minimum absolute atomic E-state index is 0.429. The maximum Gasteiger partial charge on any atom is 0.234 e. The third-order valence-electron chi connectivity index (χ3n) is 6.50. The Balaban J connectivity index is 1.77. The van der Waals surface area contributed by atoms with Crippen molar-refractivity contribution in [1.82, 2.24) is 14.5 Å². The molecule has 1 atom stereocenters. The van der Waals surface area contributed by atoms with Gasteiger partial charge in [0.05, 0.1) is 16.1 Å². The van der Waals surface area contributed by atoms with Gasteiger partial charge in [-0.05, 0) is 52.1 Å². The summed E-state index contributed by atoms with van der Waals surface area (Å²) in [5, 5.41) is 8.82. The molecule has 2 aliphatic carbocycles. The molecule has 0 N–H and O–H groups in total. The molecular weight excluding hydrogens is 362 g/mol. The van der Waals surface area contributed by atoms with Gasteiger partial charge in [-0.25, -0.2) is 9.97 Å². The van der Waals surface area contributed by atoms with E-state index in [1.54, 1.807) is 0 Å². The fraction of sp³-hybridized carbons (Fsp3) is 0.0833. The van der Waals surface area contributed by atoms with E-state index in [0.717, 1.165) is 12.4 Å². The summed E-state index contributed by atoms with van der Waals surface area (Å²) in [4.78, 5) is 10.6. The van der Waals surface area contributed by atoms with Gasteiger partial charge in [0.2, 0.25) is 5.95 Å². The van der Waals surface area contributed by atoms with Crippen LogP contribution in [0.3, 0.4) is 0 Å². The molecule has 3 heterocycles. The Kier molecular flexibility index (Phi) is 2.23. The Labute approximate surface area is 164 Å². The van der Waals surface area contributed by atoms with Crippen molar-refractivity contribution in [3.63, 3.8) is 0 Å². The third-order valence-corrected chi connectivity index (χ3v) is 7.74. The quantitative estimate of drug-likeness (QED) is 0.388. The Bertz CT molecular complexity index is 1610. The van der Waals surface area contributed by atoms with E-state index in [0.29, 0.717) is 5.25 Å². The number of hydrogen-bond acceptors (Lipinski definition) is 3. The van der Waals surface area contributed by atoms with E-state index < -0.39 is 0 Å². The summed E-state index contributed by atoms with van der Waals surface area (Å²) < 4.78 is 2.26. The summed E-state index contributed by atoms with van der Waals surface area (Å²) >= 11 is 2.00. The lowest BCUT2D eigenvalue weighted by molar-refractivity contribution is 0.938. The normalized spacial score (nSPS) is 18.2. The van der Waals surface area contributed by atoms with Gasteiger partial charge in [-0.15, -0.1) is 11.8 Å². The highest BCUT2D eigenvalue weighted by Gasteiger charge is 2.34. The van der Waals surface area contributed by atoms with Gasteiger partial charge in [-0.3, -0.25) is 4.57 Å². The zero-order valence-electron chi connectivity index (χ0n) is 14.8. The number of rotatable bonds is 1. The van der Waals surface area contributed by atoms with Crippen LogP contribution in [0.5, 0.6) is 0 Å². The maximum absolute atomic E-state index is 4.59. The predicted molar refractivity (Wildman–Crippen MR) is 115 cm³/mol. The van der Waals surface area contributed by atoms with Crippen molar-refractivity contribution in [3.05, 3.63) is 70.8 Å². The van der Waals surface area contributed by atoms with E-state index in [1.807, 2.05) is 30.2 Å². The predicted octanol–water partition coefficient (Wildman–Crippen LogP) is 4.96. The van der Waals surface area contributed by atoms with Crippen LogP contribution in [0, 0.1) is 0 Å². The fourth-order valence-corrected chi connectivity index (χ4v) is 6.76. The van der Waals surface area contributed by atoms with Gasteiger partial charge in [0.25, 0.3) is 0 Å². The summed E-state index contributed by atoms with van der Waals surface area (Å²) in [5.74, 6) is 0.754. The molecular formula is C24H13N3S. The average molecular weight is 375 g/mol. The monoisotopic (exact) mass is 375 g/mol. The zero-order chi connectivity index (χ0) is 18.0. The lowest BCUT2D eigenvalue weighted by atomic mass is 9.84. The smallest absolute Gasteiger partial charge is 0.234 e. The van der Waals surface area contributed by atoms with Gasteiger partial charge in [0.15, 0.2) is 0 Å². The summed E-state index contributed by atoms with van der Waals surface area (Å²) in [6.45, 7) is 0. The lowest BCUT2D eigenvalue weighted by Crippen LogP contribution is -2.19. The molecule has 0 saturated heterocycles. The zero-order valence-corrected chi connectivity index (χ0v) is 15.6. The van der Waals surface area contributed by atoms with Crippen LogP contribution in [-0.2, 0) is 6.42 Å². The van der Waals surface area contributed by atoms with Gasteiger partial charge >= 0.3 is 0 Å². The second-order valence-corrected chi connectivity index (χ2v) is 8.94. The van der Waals surface area contributed by atoms with Crippen molar-refractivity contribution in [2.24, 2.45) is 0 Å². The highest BCUT2D eigenvalue weighted by atomic mass is 32.2. The molecule has 0 amide bonds. The molecule has 1 unspecified atom stereocenters. The second kappa shape index (κ2) is 4.47. The van der Waals surface area contributed by atoms with E-state index in [-0.39, 0.29) is 0 Å². The topological polar surface area (TPSA) is 30.7 Å². The Morgan fingerprint density at radius 1 is 0.929 bits per heavy atom. The number of nitrogens with zero attached hydrogens (tertiary/aromatic N) is 3. The number of hydrogen-bond donors (Lipinski definition) is 0. The first kappa shape index (κ1) is 14.0. The van der Waals surface area contributed by atoms with Crippen LogP contribution >= 0.6 is 11.8 Å².